The van der Waals surface area contributed by atoms with Crippen LogP contribution < -0.4 is 4.80 Å². The molecule has 28 heavy (non-hydrogen) atoms. The molecule has 0 unspecified atom stereocenters. The third-order valence-corrected chi connectivity index (χ3v) is 6.51. The monoisotopic (exact) mass is 390 g/mol. The van der Waals surface area contributed by atoms with Gasteiger partial charge in [-0.3, -0.25) is 0 Å². The Morgan fingerprint density at radius 2 is 1.79 bits per heavy atom. The van der Waals surface area contributed by atoms with Crippen LogP contribution in [0.15, 0.2) is 58.9 Å². The van der Waals surface area contributed by atoms with E-state index in [1.807, 2.05) is 17.8 Å². The number of rotatable bonds is 3. The maximum Gasteiger partial charge on any atom is 0.210 e. The lowest BCUT2D eigenvalue weighted by molar-refractivity contribution is 0.599. The lowest BCUT2D eigenvalue weighted by atomic mass is 9.96. The van der Waals surface area contributed by atoms with Gasteiger partial charge in [0.05, 0.1) is 6.21 Å². The molecule has 2 aromatic carbocycles. The number of hydrogen-bond acceptors (Lipinski definition) is 3. The fraction of sp³-hybridized carbons (Fsp3) is 0.304. The van der Waals surface area contributed by atoms with E-state index < -0.39 is 0 Å². The molecule has 0 N–H and O–H groups in total. The van der Waals surface area contributed by atoms with Gasteiger partial charge in [-0.2, -0.15) is 5.10 Å². The molecule has 0 fully saturated rings. The van der Waals surface area contributed by atoms with Crippen LogP contribution in [-0.2, 0) is 19.0 Å². The van der Waals surface area contributed by atoms with Crippen LogP contribution in [0.2, 0.25) is 0 Å². The van der Waals surface area contributed by atoms with Crippen LogP contribution in [0.1, 0.15) is 38.1 Å². The lowest BCUT2D eigenvalue weighted by Gasteiger charge is -2.14. The van der Waals surface area contributed by atoms with Crippen molar-refractivity contribution in [3.8, 4) is 0 Å². The van der Waals surface area contributed by atoms with Crippen LogP contribution in [0.25, 0.3) is 21.8 Å². The van der Waals surface area contributed by atoms with E-state index in [1.165, 1.54) is 26.7 Å². The van der Waals surface area contributed by atoms with Crippen molar-refractivity contribution >= 4 is 39.4 Å². The smallest absolute Gasteiger partial charge is 0.210 e. The zero-order chi connectivity index (χ0) is 19.9. The molecule has 0 saturated heterocycles. The summed E-state index contributed by atoms with van der Waals surface area (Å²) in [6.07, 6.45) is 3.98. The van der Waals surface area contributed by atoms with Crippen LogP contribution >= 0.6 is 11.3 Å². The fourth-order valence-corrected chi connectivity index (χ4v) is 4.50. The minimum Gasteiger partial charge on any atom is -0.341 e. The zero-order valence-electron chi connectivity index (χ0n) is 17.1. The maximum atomic E-state index is 4.44. The summed E-state index contributed by atoms with van der Waals surface area (Å²) < 4.78 is 4.40. The average molecular weight is 391 g/mol. The second kappa shape index (κ2) is 7.06. The van der Waals surface area contributed by atoms with Crippen molar-refractivity contribution in [2.24, 2.45) is 17.3 Å². The van der Waals surface area contributed by atoms with Crippen LogP contribution in [0.5, 0.6) is 0 Å². The van der Waals surface area contributed by atoms with E-state index in [0.717, 1.165) is 16.9 Å². The fourth-order valence-electron chi connectivity index (χ4n) is 3.50. The second-order valence-electron chi connectivity index (χ2n) is 8.12. The van der Waals surface area contributed by atoms with E-state index in [9.17, 15) is 0 Å². The third kappa shape index (κ3) is 3.31. The number of fused-ring (bicyclic) bond motifs is 3. The molecule has 0 aliphatic rings. The Balaban J connectivity index is 1.73. The summed E-state index contributed by atoms with van der Waals surface area (Å²) >= 11 is 1.69. The molecule has 4 rings (SSSR count). The summed E-state index contributed by atoms with van der Waals surface area (Å²) in [5, 5.41) is 11.4. The highest BCUT2D eigenvalue weighted by Crippen LogP contribution is 2.29. The topological polar surface area (TPSA) is 34.6 Å². The molecule has 0 aliphatic heterocycles. The van der Waals surface area contributed by atoms with E-state index in [-0.39, 0.29) is 5.41 Å². The molecule has 0 spiro atoms. The molecule has 4 nitrogen and oxygen atoms in total. The Hall–Kier alpha value is -2.66. The van der Waals surface area contributed by atoms with E-state index >= 15 is 0 Å². The molecule has 2 aromatic heterocycles. The molecule has 5 heteroatoms. The number of hydrogen-bond donors (Lipinski definition) is 0. The highest BCUT2D eigenvalue weighted by atomic mass is 32.1. The first kappa shape index (κ1) is 18.7. The molecule has 0 saturated carbocycles. The molecular formula is C23H26N4S. The average Bonchev–Trinajstić information content (AvgIpc) is 3.19. The van der Waals surface area contributed by atoms with Crippen LogP contribution in [0.4, 0.5) is 0 Å². The highest BCUT2D eigenvalue weighted by Gasteiger charge is 2.16. The van der Waals surface area contributed by atoms with E-state index in [4.69, 9.17) is 0 Å². The molecule has 0 radical (unpaired) electrons. The van der Waals surface area contributed by atoms with Crippen molar-refractivity contribution in [1.82, 2.24) is 9.13 Å². The summed E-state index contributed by atoms with van der Waals surface area (Å²) in [4.78, 5) is 2.21. The number of thiazole rings is 1. The van der Waals surface area contributed by atoms with E-state index in [1.54, 1.807) is 11.3 Å². The van der Waals surface area contributed by atoms with Crippen molar-refractivity contribution in [1.29, 1.82) is 0 Å². The summed E-state index contributed by atoms with van der Waals surface area (Å²) in [6.45, 7) is 9.79. The van der Waals surface area contributed by atoms with Gasteiger partial charge in [0.25, 0.3) is 0 Å². The Bertz CT molecular complexity index is 1250. The van der Waals surface area contributed by atoms with Crippen molar-refractivity contribution in [3.63, 3.8) is 0 Å². The molecule has 2 heterocycles. The SMILES string of the molecule is CCn1c2ccccc2c2cc(C=NN=c3sc(C(C)(C)C)cn3C)ccc21. The van der Waals surface area contributed by atoms with Gasteiger partial charge in [0.15, 0.2) is 0 Å². The molecule has 0 atom stereocenters. The number of aromatic nitrogens is 2. The lowest BCUT2D eigenvalue weighted by Crippen LogP contribution is -2.08. The summed E-state index contributed by atoms with van der Waals surface area (Å²) in [5.41, 5.74) is 3.72. The van der Waals surface area contributed by atoms with Crippen LogP contribution in [0, 0.1) is 0 Å². The number of aryl methyl sites for hydroxylation is 2. The minimum atomic E-state index is 0.123. The van der Waals surface area contributed by atoms with Crippen molar-refractivity contribution in [2.75, 3.05) is 0 Å². The summed E-state index contributed by atoms with van der Waals surface area (Å²) in [6, 6.07) is 15.1. The molecule has 4 aromatic rings. The van der Waals surface area contributed by atoms with Crippen molar-refractivity contribution in [3.05, 3.63) is 63.9 Å². The Kier molecular flexibility index (Phi) is 4.71. The molecule has 0 bridgehead atoms. The summed E-state index contributed by atoms with van der Waals surface area (Å²) in [5.74, 6) is 0. The Morgan fingerprint density at radius 3 is 2.50 bits per heavy atom. The number of para-hydroxylation sites is 1. The molecular weight excluding hydrogens is 364 g/mol. The zero-order valence-corrected chi connectivity index (χ0v) is 17.9. The largest absolute Gasteiger partial charge is 0.341 e. The minimum absolute atomic E-state index is 0.123. The maximum absolute atomic E-state index is 4.44. The van der Waals surface area contributed by atoms with Crippen LogP contribution in [0.3, 0.4) is 0 Å². The number of benzene rings is 2. The van der Waals surface area contributed by atoms with Gasteiger partial charge < -0.3 is 9.13 Å². The predicted octanol–water partition coefficient (Wildman–Crippen LogP) is 5.45. The first-order valence-corrected chi connectivity index (χ1v) is 10.4. The van der Waals surface area contributed by atoms with Crippen molar-refractivity contribution < 1.29 is 0 Å². The van der Waals surface area contributed by atoms with Gasteiger partial charge in [-0.25, -0.2) is 0 Å². The quantitative estimate of drug-likeness (QED) is 0.329. The standard InChI is InChI=1S/C23H26N4S/c1-6-27-19-10-8-7-9-17(19)18-13-16(11-12-20(18)27)14-24-25-22-26(5)15-21(28-22)23(2,3)4/h7-15H,6H2,1-5H3. The molecule has 144 valence electrons. The third-order valence-electron chi connectivity index (χ3n) is 5.02. The molecule has 0 amide bonds. The highest BCUT2D eigenvalue weighted by molar-refractivity contribution is 7.09. The van der Waals surface area contributed by atoms with Gasteiger partial charge in [-0.15, -0.1) is 5.10 Å². The van der Waals surface area contributed by atoms with E-state index in [2.05, 4.69) is 91.1 Å². The van der Waals surface area contributed by atoms with Crippen LogP contribution in [-0.4, -0.2) is 15.3 Å². The second-order valence-corrected chi connectivity index (χ2v) is 9.13. The summed E-state index contributed by atoms with van der Waals surface area (Å²) in [7, 11) is 2.02. The van der Waals surface area contributed by atoms with Gasteiger partial charge in [0, 0.05) is 46.5 Å². The van der Waals surface area contributed by atoms with Gasteiger partial charge in [-0.05, 0) is 36.1 Å². The number of nitrogens with zero attached hydrogens (tertiary/aromatic N) is 4. The van der Waals surface area contributed by atoms with Gasteiger partial charge >= 0.3 is 0 Å². The first-order valence-electron chi connectivity index (χ1n) is 9.63. The Morgan fingerprint density at radius 1 is 1.04 bits per heavy atom. The Labute approximate surface area is 169 Å². The van der Waals surface area contributed by atoms with Gasteiger partial charge in [0.2, 0.25) is 4.80 Å². The van der Waals surface area contributed by atoms with E-state index in [0.29, 0.717) is 0 Å². The van der Waals surface area contributed by atoms with Gasteiger partial charge in [-0.1, -0.05) is 56.4 Å². The van der Waals surface area contributed by atoms with Crippen molar-refractivity contribution in [2.45, 2.75) is 39.7 Å². The molecule has 0 aliphatic carbocycles. The normalized spacial score (nSPS) is 13.4. The van der Waals surface area contributed by atoms with Gasteiger partial charge in [0.1, 0.15) is 0 Å². The predicted molar refractivity (Wildman–Crippen MR) is 120 cm³/mol. The first-order chi connectivity index (χ1) is 13.4.